The van der Waals surface area contributed by atoms with E-state index in [2.05, 4.69) is 54.4 Å². The van der Waals surface area contributed by atoms with E-state index in [1.807, 2.05) is 18.2 Å². The first-order valence-corrected chi connectivity index (χ1v) is 10.6. The van der Waals surface area contributed by atoms with Gasteiger partial charge in [0.2, 0.25) is 0 Å². The highest BCUT2D eigenvalue weighted by Gasteiger charge is 2.23. The predicted molar refractivity (Wildman–Crippen MR) is 116 cm³/mol. The highest BCUT2D eigenvalue weighted by molar-refractivity contribution is 6.30. The zero-order chi connectivity index (χ0) is 19.9. The highest BCUT2D eigenvalue weighted by Crippen LogP contribution is 2.24. The number of aryl methyl sites for hydroxylation is 2. The van der Waals surface area contributed by atoms with Gasteiger partial charge in [0, 0.05) is 16.8 Å². The number of halogens is 1. The second kappa shape index (κ2) is 9.94. The summed E-state index contributed by atoms with van der Waals surface area (Å²) in [6, 6.07) is 16.7. The Hall–Kier alpha value is -2.04. The molecule has 2 aromatic carbocycles. The number of amides is 1. The molecule has 1 fully saturated rings. The van der Waals surface area contributed by atoms with Gasteiger partial charge in [-0.2, -0.15) is 0 Å². The van der Waals surface area contributed by atoms with Gasteiger partial charge < -0.3 is 15.1 Å². The number of hydrogen-bond donors (Lipinski definition) is 2. The number of nitrogens with one attached hydrogen (secondary N) is 2. The predicted octanol–water partition coefficient (Wildman–Crippen LogP) is 2.49. The van der Waals surface area contributed by atoms with Crippen LogP contribution in [0.2, 0.25) is 5.02 Å². The molecule has 3 rings (SSSR count). The number of carbonyl (C=O) groups excluding carboxylic acids is 1. The summed E-state index contributed by atoms with van der Waals surface area (Å²) in [6.45, 7) is 8.61. The monoisotopic (exact) mass is 400 g/mol. The van der Waals surface area contributed by atoms with Gasteiger partial charge in [-0.3, -0.25) is 4.79 Å². The molecular formula is C23H31ClN3O+. The second-order valence-corrected chi connectivity index (χ2v) is 8.27. The first kappa shape index (κ1) is 20.7. The molecule has 0 aromatic heterocycles. The Morgan fingerprint density at radius 2 is 1.89 bits per heavy atom. The molecule has 1 atom stereocenters. The van der Waals surface area contributed by atoms with Crippen molar-refractivity contribution in [3.05, 3.63) is 64.7 Å². The van der Waals surface area contributed by atoms with Crippen LogP contribution in [0.1, 0.15) is 24.5 Å². The quantitative estimate of drug-likeness (QED) is 0.749. The smallest absolute Gasteiger partial charge is 0.275 e. The molecular weight excluding hydrogens is 370 g/mol. The summed E-state index contributed by atoms with van der Waals surface area (Å²) in [5.41, 5.74) is 3.78. The van der Waals surface area contributed by atoms with Gasteiger partial charge in [-0.25, -0.2) is 0 Å². The van der Waals surface area contributed by atoms with Crippen molar-refractivity contribution in [3.8, 4) is 0 Å². The number of nitrogens with zero attached hydrogens (tertiary/aromatic N) is 1. The molecule has 0 bridgehead atoms. The standard InChI is InChI=1S/C23H30ClN3O/c1-18-8-11-21(24)16-22(18)27-14-12-26(13-15-27)17-23(28)25-19(2)9-10-20-6-4-3-5-7-20/h3-8,11,16,19H,9-10,12-15,17H2,1-2H3,(H,25,28)/p+1/t19-/m1/s1. The van der Waals surface area contributed by atoms with Crippen molar-refractivity contribution in [2.75, 3.05) is 37.6 Å². The molecule has 0 saturated carbocycles. The summed E-state index contributed by atoms with van der Waals surface area (Å²) in [7, 11) is 0. The van der Waals surface area contributed by atoms with Crippen LogP contribution in [0.3, 0.4) is 0 Å². The first-order chi connectivity index (χ1) is 13.5. The van der Waals surface area contributed by atoms with Crippen LogP contribution in [0.5, 0.6) is 0 Å². The van der Waals surface area contributed by atoms with Crippen molar-refractivity contribution < 1.29 is 9.69 Å². The van der Waals surface area contributed by atoms with Crippen LogP contribution in [-0.2, 0) is 11.2 Å². The third-order valence-corrected chi connectivity index (χ3v) is 5.74. The summed E-state index contributed by atoms with van der Waals surface area (Å²) in [5, 5.41) is 3.94. The SMILES string of the molecule is Cc1ccc(Cl)cc1N1CC[NH+](CC(=O)N[C@H](C)CCc2ccccc2)CC1. The third-order valence-electron chi connectivity index (χ3n) is 5.51. The molecule has 1 aliphatic heterocycles. The number of carbonyl (C=O) groups is 1. The van der Waals surface area contributed by atoms with Gasteiger partial charge in [0.1, 0.15) is 0 Å². The molecule has 5 heteroatoms. The maximum Gasteiger partial charge on any atom is 0.275 e. The average Bonchev–Trinajstić information content (AvgIpc) is 2.69. The van der Waals surface area contributed by atoms with Crippen molar-refractivity contribution in [3.63, 3.8) is 0 Å². The lowest BCUT2D eigenvalue weighted by atomic mass is 10.1. The van der Waals surface area contributed by atoms with Crippen LogP contribution in [-0.4, -0.2) is 44.7 Å². The number of anilines is 1. The molecule has 1 saturated heterocycles. The van der Waals surface area contributed by atoms with Gasteiger partial charge >= 0.3 is 0 Å². The normalized spacial score (nSPS) is 16.0. The maximum atomic E-state index is 12.4. The van der Waals surface area contributed by atoms with E-state index in [1.54, 1.807) is 0 Å². The minimum atomic E-state index is 0.156. The van der Waals surface area contributed by atoms with E-state index in [0.717, 1.165) is 44.0 Å². The minimum Gasteiger partial charge on any atom is -0.360 e. The molecule has 28 heavy (non-hydrogen) atoms. The highest BCUT2D eigenvalue weighted by atomic mass is 35.5. The molecule has 0 radical (unpaired) electrons. The van der Waals surface area contributed by atoms with E-state index in [1.165, 1.54) is 21.7 Å². The van der Waals surface area contributed by atoms with Crippen molar-refractivity contribution in [2.45, 2.75) is 32.7 Å². The molecule has 0 unspecified atom stereocenters. The topological polar surface area (TPSA) is 36.8 Å². The summed E-state index contributed by atoms with van der Waals surface area (Å²) in [4.78, 5) is 16.2. The number of quaternary nitrogens is 1. The Morgan fingerprint density at radius 1 is 1.18 bits per heavy atom. The molecule has 4 nitrogen and oxygen atoms in total. The fourth-order valence-electron chi connectivity index (χ4n) is 3.82. The molecule has 1 aliphatic rings. The third kappa shape index (κ3) is 5.98. The van der Waals surface area contributed by atoms with Gasteiger partial charge in [-0.15, -0.1) is 0 Å². The van der Waals surface area contributed by atoms with Gasteiger partial charge in [-0.05, 0) is 49.9 Å². The van der Waals surface area contributed by atoms with Crippen LogP contribution in [0.15, 0.2) is 48.5 Å². The fourth-order valence-corrected chi connectivity index (χ4v) is 3.98. The van der Waals surface area contributed by atoms with E-state index >= 15 is 0 Å². The van der Waals surface area contributed by atoms with Gasteiger partial charge in [0.25, 0.3) is 5.91 Å². The van der Waals surface area contributed by atoms with E-state index < -0.39 is 0 Å². The lowest BCUT2D eigenvalue weighted by Crippen LogP contribution is -3.16. The summed E-state index contributed by atoms with van der Waals surface area (Å²) < 4.78 is 0. The fraction of sp³-hybridized carbons (Fsp3) is 0.435. The number of hydrogen-bond acceptors (Lipinski definition) is 2. The Labute approximate surface area is 173 Å². The Morgan fingerprint density at radius 3 is 2.61 bits per heavy atom. The van der Waals surface area contributed by atoms with Gasteiger partial charge in [-0.1, -0.05) is 48.0 Å². The molecule has 0 aliphatic carbocycles. The molecule has 0 spiro atoms. The lowest BCUT2D eigenvalue weighted by Gasteiger charge is -2.34. The molecule has 2 N–H and O–H groups in total. The molecule has 1 heterocycles. The lowest BCUT2D eigenvalue weighted by molar-refractivity contribution is -0.892. The second-order valence-electron chi connectivity index (χ2n) is 7.84. The maximum absolute atomic E-state index is 12.4. The van der Waals surface area contributed by atoms with Crippen LogP contribution >= 0.6 is 11.6 Å². The van der Waals surface area contributed by atoms with E-state index in [9.17, 15) is 4.79 Å². The Balaban J connectivity index is 1.40. The largest absolute Gasteiger partial charge is 0.360 e. The Bertz CT molecular complexity index is 773. The Kier molecular flexibility index (Phi) is 7.35. The van der Waals surface area contributed by atoms with E-state index in [-0.39, 0.29) is 11.9 Å². The minimum absolute atomic E-state index is 0.156. The molecule has 150 valence electrons. The van der Waals surface area contributed by atoms with E-state index in [4.69, 9.17) is 11.6 Å². The van der Waals surface area contributed by atoms with E-state index in [0.29, 0.717) is 6.54 Å². The summed E-state index contributed by atoms with van der Waals surface area (Å²) in [6.07, 6.45) is 1.96. The number of rotatable bonds is 7. The van der Waals surface area contributed by atoms with Gasteiger partial charge in [0.05, 0.1) is 26.2 Å². The van der Waals surface area contributed by atoms with Crippen LogP contribution in [0, 0.1) is 6.92 Å². The van der Waals surface area contributed by atoms with Crippen molar-refractivity contribution in [1.82, 2.24) is 5.32 Å². The van der Waals surface area contributed by atoms with Crippen molar-refractivity contribution >= 4 is 23.2 Å². The first-order valence-electron chi connectivity index (χ1n) is 10.2. The molecule has 1 amide bonds. The zero-order valence-corrected chi connectivity index (χ0v) is 17.6. The average molecular weight is 401 g/mol. The van der Waals surface area contributed by atoms with Crippen molar-refractivity contribution in [2.24, 2.45) is 0 Å². The van der Waals surface area contributed by atoms with Crippen molar-refractivity contribution in [1.29, 1.82) is 0 Å². The number of benzene rings is 2. The van der Waals surface area contributed by atoms with Crippen LogP contribution in [0.25, 0.3) is 0 Å². The zero-order valence-electron chi connectivity index (χ0n) is 16.9. The van der Waals surface area contributed by atoms with Crippen LogP contribution < -0.4 is 15.1 Å². The number of piperazine rings is 1. The van der Waals surface area contributed by atoms with Crippen LogP contribution in [0.4, 0.5) is 5.69 Å². The summed E-state index contributed by atoms with van der Waals surface area (Å²) >= 11 is 6.16. The summed E-state index contributed by atoms with van der Waals surface area (Å²) in [5.74, 6) is 0.156. The van der Waals surface area contributed by atoms with Gasteiger partial charge in [0.15, 0.2) is 6.54 Å². The molecule has 2 aromatic rings.